The number of nitrogens with zero attached hydrogens (tertiary/aromatic N) is 1. The number of hydrogen-bond donors (Lipinski definition) is 1. The fourth-order valence-corrected chi connectivity index (χ4v) is 3.16. The van der Waals surface area contributed by atoms with Gasteiger partial charge in [-0.15, -0.1) is 0 Å². The second kappa shape index (κ2) is 5.99. The minimum absolute atomic E-state index is 0.404. The van der Waals surface area contributed by atoms with E-state index in [1.165, 1.54) is 51.6 Å². The highest BCUT2D eigenvalue weighted by Gasteiger charge is 2.25. The van der Waals surface area contributed by atoms with Crippen LogP contribution in [0.4, 0.5) is 0 Å². The summed E-state index contributed by atoms with van der Waals surface area (Å²) in [5.74, 6) is 0.792. The topological polar surface area (TPSA) is 38.5 Å². The lowest BCUT2D eigenvalue weighted by Gasteiger charge is -2.34. The van der Waals surface area contributed by atoms with Crippen LogP contribution in [0.3, 0.4) is 0 Å². The molecule has 1 heterocycles. The van der Waals surface area contributed by atoms with E-state index in [9.17, 15) is 0 Å². The predicted octanol–water partition coefficient (Wildman–Crippen LogP) is 1.61. The molecule has 0 radical (unpaired) electrons. The van der Waals surface area contributed by atoms with Gasteiger partial charge in [-0.25, -0.2) is 0 Å². The standard InChI is InChI=1S/C13H26N2O/c1-16-12-6-8-15(9-7-12)10-13(14)11-4-2-3-5-11/h11-13H,2-10,14H2,1H3. The molecule has 1 unspecified atom stereocenters. The van der Waals surface area contributed by atoms with Crippen LogP contribution in [0.25, 0.3) is 0 Å². The van der Waals surface area contributed by atoms with Crippen LogP contribution in [0.1, 0.15) is 38.5 Å². The summed E-state index contributed by atoms with van der Waals surface area (Å²) in [5, 5.41) is 0. The number of rotatable bonds is 4. The Morgan fingerprint density at radius 3 is 2.38 bits per heavy atom. The van der Waals surface area contributed by atoms with Gasteiger partial charge in [-0.3, -0.25) is 0 Å². The molecule has 1 aliphatic carbocycles. The van der Waals surface area contributed by atoms with Gasteiger partial charge < -0.3 is 15.4 Å². The summed E-state index contributed by atoms with van der Waals surface area (Å²) < 4.78 is 5.39. The normalized spacial score (nSPS) is 27.4. The van der Waals surface area contributed by atoms with Crippen molar-refractivity contribution in [3.05, 3.63) is 0 Å². The van der Waals surface area contributed by atoms with Gasteiger partial charge in [0.05, 0.1) is 6.10 Å². The Morgan fingerprint density at radius 2 is 1.81 bits per heavy atom. The van der Waals surface area contributed by atoms with Crippen LogP contribution in [0.15, 0.2) is 0 Å². The molecule has 0 bridgehead atoms. The summed E-state index contributed by atoms with van der Waals surface area (Å²) in [5.41, 5.74) is 6.30. The fraction of sp³-hybridized carbons (Fsp3) is 1.00. The van der Waals surface area contributed by atoms with Crippen LogP contribution in [-0.2, 0) is 4.74 Å². The van der Waals surface area contributed by atoms with Crippen LogP contribution in [-0.4, -0.2) is 43.8 Å². The lowest BCUT2D eigenvalue weighted by molar-refractivity contribution is 0.0378. The number of ether oxygens (including phenoxy) is 1. The first-order valence-corrected chi connectivity index (χ1v) is 6.80. The van der Waals surface area contributed by atoms with E-state index in [1.807, 2.05) is 7.11 Å². The average molecular weight is 226 g/mol. The van der Waals surface area contributed by atoms with Crippen molar-refractivity contribution in [1.29, 1.82) is 0 Å². The number of hydrogen-bond acceptors (Lipinski definition) is 3. The molecule has 1 aliphatic heterocycles. The average Bonchev–Trinajstić information content (AvgIpc) is 2.83. The fourth-order valence-electron chi connectivity index (χ4n) is 3.16. The maximum absolute atomic E-state index is 6.30. The minimum Gasteiger partial charge on any atom is -0.381 e. The number of methoxy groups -OCH3 is 1. The van der Waals surface area contributed by atoms with Crippen LogP contribution in [0.2, 0.25) is 0 Å². The van der Waals surface area contributed by atoms with Gasteiger partial charge in [0.25, 0.3) is 0 Å². The molecular weight excluding hydrogens is 200 g/mol. The summed E-state index contributed by atoms with van der Waals surface area (Å²) in [6.45, 7) is 3.43. The van der Waals surface area contributed by atoms with Crippen molar-refractivity contribution in [2.45, 2.75) is 50.7 Å². The summed E-state index contributed by atoms with van der Waals surface area (Å²) in [6.07, 6.45) is 8.33. The third-order valence-electron chi connectivity index (χ3n) is 4.34. The Balaban J connectivity index is 1.69. The molecule has 0 amide bonds. The van der Waals surface area contributed by atoms with Gasteiger partial charge in [0.1, 0.15) is 0 Å². The second-order valence-electron chi connectivity index (χ2n) is 5.44. The second-order valence-corrected chi connectivity index (χ2v) is 5.44. The molecule has 94 valence electrons. The number of piperidine rings is 1. The molecule has 0 aromatic carbocycles. The van der Waals surface area contributed by atoms with Crippen molar-refractivity contribution in [1.82, 2.24) is 4.90 Å². The van der Waals surface area contributed by atoms with E-state index in [-0.39, 0.29) is 0 Å². The van der Waals surface area contributed by atoms with Crippen LogP contribution >= 0.6 is 0 Å². The molecule has 0 aromatic rings. The lowest BCUT2D eigenvalue weighted by Crippen LogP contribution is -2.45. The smallest absolute Gasteiger partial charge is 0.0595 e. The monoisotopic (exact) mass is 226 g/mol. The van der Waals surface area contributed by atoms with Crippen LogP contribution in [0, 0.1) is 5.92 Å². The van der Waals surface area contributed by atoms with E-state index in [0.717, 1.165) is 12.5 Å². The van der Waals surface area contributed by atoms with Crippen molar-refractivity contribution in [3.63, 3.8) is 0 Å². The van der Waals surface area contributed by atoms with Gasteiger partial charge in [0.2, 0.25) is 0 Å². The molecule has 0 spiro atoms. The van der Waals surface area contributed by atoms with Gasteiger partial charge in [-0.2, -0.15) is 0 Å². The molecule has 1 atom stereocenters. The van der Waals surface area contributed by atoms with Crippen molar-refractivity contribution in [2.75, 3.05) is 26.7 Å². The third-order valence-corrected chi connectivity index (χ3v) is 4.34. The highest BCUT2D eigenvalue weighted by atomic mass is 16.5. The molecule has 2 rings (SSSR count). The van der Waals surface area contributed by atoms with Gasteiger partial charge in [-0.1, -0.05) is 12.8 Å². The van der Waals surface area contributed by atoms with Crippen molar-refractivity contribution in [2.24, 2.45) is 11.7 Å². The molecule has 16 heavy (non-hydrogen) atoms. The summed E-state index contributed by atoms with van der Waals surface area (Å²) in [4.78, 5) is 2.53. The molecule has 2 aliphatic rings. The Kier molecular flexibility index (Phi) is 4.62. The van der Waals surface area contributed by atoms with Crippen molar-refractivity contribution in [3.8, 4) is 0 Å². The lowest BCUT2D eigenvalue weighted by atomic mass is 9.97. The highest BCUT2D eigenvalue weighted by molar-refractivity contribution is 4.82. The van der Waals surface area contributed by atoms with Crippen molar-refractivity contribution >= 4 is 0 Å². The van der Waals surface area contributed by atoms with Gasteiger partial charge in [0, 0.05) is 32.8 Å². The summed E-state index contributed by atoms with van der Waals surface area (Å²) >= 11 is 0. The minimum atomic E-state index is 0.404. The van der Waals surface area contributed by atoms with Crippen LogP contribution in [0.5, 0.6) is 0 Å². The zero-order chi connectivity index (χ0) is 11.4. The Bertz CT molecular complexity index is 196. The van der Waals surface area contributed by atoms with E-state index in [1.54, 1.807) is 0 Å². The highest BCUT2D eigenvalue weighted by Crippen LogP contribution is 2.27. The maximum atomic E-state index is 6.30. The number of likely N-dealkylation sites (tertiary alicyclic amines) is 1. The van der Waals surface area contributed by atoms with E-state index >= 15 is 0 Å². The SMILES string of the molecule is COC1CCN(CC(N)C2CCCC2)CC1. The maximum Gasteiger partial charge on any atom is 0.0595 e. The molecular formula is C13H26N2O. The predicted molar refractivity (Wildman–Crippen MR) is 66.4 cm³/mol. The van der Waals surface area contributed by atoms with Crippen LogP contribution < -0.4 is 5.73 Å². The first-order valence-electron chi connectivity index (χ1n) is 6.80. The largest absolute Gasteiger partial charge is 0.381 e. The first kappa shape index (κ1) is 12.3. The molecule has 1 saturated heterocycles. The van der Waals surface area contributed by atoms with Gasteiger partial charge >= 0.3 is 0 Å². The third kappa shape index (κ3) is 3.19. The summed E-state index contributed by atoms with van der Waals surface area (Å²) in [7, 11) is 1.82. The first-order chi connectivity index (χ1) is 7.79. The quantitative estimate of drug-likeness (QED) is 0.791. The summed E-state index contributed by atoms with van der Waals surface area (Å²) in [6, 6.07) is 0.404. The van der Waals surface area contributed by atoms with E-state index in [2.05, 4.69) is 4.90 Å². The van der Waals surface area contributed by atoms with E-state index in [0.29, 0.717) is 12.1 Å². The zero-order valence-electron chi connectivity index (χ0n) is 10.5. The Labute approximate surface area is 99.3 Å². The molecule has 2 N–H and O–H groups in total. The molecule has 0 aromatic heterocycles. The molecule has 3 heteroatoms. The zero-order valence-corrected chi connectivity index (χ0v) is 10.5. The Morgan fingerprint density at radius 1 is 1.19 bits per heavy atom. The molecule has 1 saturated carbocycles. The van der Waals surface area contributed by atoms with Crippen molar-refractivity contribution < 1.29 is 4.74 Å². The Hall–Kier alpha value is -0.120. The molecule has 2 fully saturated rings. The van der Waals surface area contributed by atoms with E-state index < -0.39 is 0 Å². The van der Waals surface area contributed by atoms with Gasteiger partial charge in [-0.05, 0) is 31.6 Å². The number of nitrogens with two attached hydrogens (primary N) is 1. The molecule has 3 nitrogen and oxygen atoms in total. The van der Waals surface area contributed by atoms with Gasteiger partial charge in [0.15, 0.2) is 0 Å². The van der Waals surface area contributed by atoms with E-state index in [4.69, 9.17) is 10.5 Å².